The largest absolute Gasteiger partial charge is 0.399 e. The van der Waals surface area contributed by atoms with Crippen LogP contribution in [0.2, 0.25) is 0 Å². The summed E-state index contributed by atoms with van der Waals surface area (Å²) in [5.74, 6) is -0.269. The van der Waals surface area contributed by atoms with Gasteiger partial charge in [0.1, 0.15) is 5.56 Å². The number of aryl methyl sites for hydroxylation is 1. The second-order valence-corrected chi connectivity index (χ2v) is 4.99. The summed E-state index contributed by atoms with van der Waals surface area (Å²) < 4.78 is 0. The van der Waals surface area contributed by atoms with Gasteiger partial charge in [-0.05, 0) is 37.1 Å². The van der Waals surface area contributed by atoms with Crippen molar-refractivity contribution >= 4 is 17.3 Å². The molecule has 3 rings (SSSR count). The van der Waals surface area contributed by atoms with Crippen molar-refractivity contribution in [1.29, 1.82) is 0 Å². The van der Waals surface area contributed by atoms with Gasteiger partial charge in [0.15, 0.2) is 5.43 Å². The second kappa shape index (κ2) is 4.52. The summed E-state index contributed by atoms with van der Waals surface area (Å²) >= 11 is 0. The maximum absolute atomic E-state index is 12.5. The summed E-state index contributed by atoms with van der Waals surface area (Å²) in [7, 11) is 0. The number of aromatic nitrogens is 1. The first-order valence-electron chi connectivity index (χ1n) is 6.46. The predicted octanol–water partition coefficient (Wildman–Crippen LogP) is 1.47. The van der Waals surface area contributed by atoms with Gasteiger partial charge in [-0.25, -0.2) is 0 Å². The summed E-state index contributed by atoms with van der Waals surface area (Å²) in [5.41, 5.74) is 8.96. The number of hydrogen-bond donors (Lipinski definition) is 2. The Morgan fingerprint density at radius 3 is 2.90 bits per heavy atom. The van der Waals surface area contributed by atoms with Crippen molar-refractivity contribution in [3.63, 3.8) is 0 Å². The first-order chi connectivity index (χ1) is 9.56. The fourth-order valence-corrected chi connectivity index (χ4v) is 2.52. The molecule has 1 aromatic heterocycles. The van der Waals surface area contributed by atoms with Gasteiger partial charge in [-0.3, -0.25) is 9.59 Å². The normalized spacial score (nSPS) is 13.3. The van der Waals surface area contributed by atoms with Crippen LogP contribution in [0.5, 0.6) is 0 Å². The van der Waals surface area contributed by atoms with E-state index in [1.807, 2.05) is 12.1 Å². The van der Waals surface area contributed by atoms with E-state index in [0.717, 1.165) is 23.4 Å². The number of rotatable bonds is 1. The lowest BCUT2D eigenvalue weighted by molar-refractivity contribution is 0.0988. The van der Waals surface area contributed by atoms with E-state index in [-0.39, 0.29) is 16.9 Å². The summed E-state index contributed by atoms with van der Waals surface area (Å²) in [5, 5.41) is 0. The Hall–Kier alpha value is -2.56. The van der Waals surface area contributed by atoms with Gasteiger partial charge in [-0.2, -0.15) is 0 Å². The number of aromatic amines is 1. The topological polar surface area (TPSA) is 79.2 Å². The van der Waals surface area contributed by atoms with Gasteiger partial charge in [0.25, 0.3) is 5.91 Å². The summed E-state index contributed by atoms with van der Waals surface area (Å²) in [6, 6.07) is 6.91. The molecule has 0 fully saturated rings. The predicted molar refractivity (Wildman–Crippen MR) is 78.0 cm³/mol. The molecule has 3 N–H and O–H groups in total. The molecule has 0 saturated carbocycles. The van der Waals surface area contributed by atoms with Crippen molar-refractivity contribution in [1.82, 2.24) is 4.98 Å². The van der Waals surface area contributed by atoms with Crippen LogP contribution in [0, 0.1) is 6.92 Å². The van der Waals surface area contributed by atoms with E-state index in [9.17, 15) is 9.59 Å². The van der Waals surface area contributed by atoms with Crippen LogP contribution in [0.1, 0.15) is 21.6 Å². The van der Waals surface area contributed by atoms with E-state index in [1.165, 1.54) is 12.3 Å². The van der Waals surface area contributed by atoms with Crippen LogP contribution in [-0.2, 0) is 6.42 Å². The number of benzene rings is 1. The minimum Gasteiger partial charge on any atom is -0.399 e. The lowest BCUT2D eigenvalue weighted by Gasteiger charge is -2.17. The average molecular weight is 269 g/mol. The lowest BCUT2D eigenvalue weighted by Crippen LogP contribution is -2.32. The van der Waals surface area contributed by atoms with Gasteiger partial charge in [0, 0.05) is 35.9 Å². The minimum absolute atomic E-state index is 0.167. The zero-order chi connectivity index (χ0) is 14.3. The highest BCUT2D eigenvalue weighted by molar-refractivity contribution is 6.07. The molecule has 102 valence electrons. The highest BCUT2D eigenvalue weighted by Gasteiger charge is 2.26. The zero-order valence-corrected chi connectivity index (χ0v) is 11.1. The number of carbonyl (C=O) groups excluding carboxylic acids is 1. The average Bonchev–Trinajstić information content (AvgIpc) is 2.80. The third-order valence-electron chi connectivity index (χ3n) is 3.53. The van der Waals surface area contributed by atoms with Crippen molar-refractivity contribution in [2.45, 2.75) is 13.3 Å². The smallest absolute Gasteiger partial charge is 0.263 e. The maximum atomic E-state index is 12.5. The standard InChI is InChI=1S/C15H15N3O2/c1-9-6-14(19)12(8-17-9)15(20)18-5-4-10-7-11(16)2-3-13(10)18/h2-3,6-8H,4-5,16H2,1H3,(H,17,19). The van der Waals surface area contributed by atoms with E-state index < -0.39 is 0 Å². The summed E-state index contributed by atoms with van der Waals surface area (Å²) in [6.45, 7) is 2.36. The van der Waals surface area contributed by atoms with E-state index in [0.29, 0.717) is 12.2 Å². The highest BCUT2D eigenvalue weighted by atomic mass is 16.2. The number of anilines is 2. The van der Waals surface area contributed by atoms with Crippen LogP contribution in [0.4, 0.5) is 11.4 Å². The van der Waals surface area contributed by atoms with E-state index in [2.05, 4.69) is 4.98 Å². The minimum atomic E-state index is -0.269. The first kappa shape index (κ1) is 12.5. The molecule has 0 atom stereocenters. The van der Waals surface area contributed by atoms with E-state index in [1.54, 1.807) is 17.9 Å². The van der Waals surface area contributed by atoms with Crippen LogP contribution in [-0.4, -0.2) is 17.4 Å². The first-order valence-corrected chi connectivity index (χ1v) is 6.46. The maximum Gasteiger partial charge on any atom is 0.263 e. The highest BCUT2D eigenvalue weighted by Crippen LogP contribution is 2.30. The van der Waals surface area contributed by atoms with Crippen molar-refractivity contribution in [2.75, 3.05) is 17.2 Å². The van der Waals surface area contributed by atoms with Crippen molar-refractivity contribution in [2.24, 2.45) is 0 Å². The van der Waals surface area contributed by atoms with E-state index in [4.69, 9.17) is 5.73 Å². The molecule has 1 aliphatic rings. The molecule has 0 aliphatic carbocycles. The van der Waals surface area contributed by atoms with Gasteiger partial charge in [-0.15, -0.1) is 0 Å². The van der Waals surface area contributed by atoms with Crippen molar-refractivity contribution in [3.05, 3.63) is 57.5 Å². The van der Waals surface area contributed by atoms with Gasteiger partial charge < -0.3 is 15.6 Å². The Kier molecular flexibility index (Phi) is 2.82. The van der Waals surface area contributed by atoms with Gasteiger partial charge in [0.2, 0.25) is 0 Å². The van der Waals surface area contributed by atoms with Crippen LogP contribution < -0.4 is 16.1 Å². The summed E-state index contributed by atoms with van der Waals surface area (Å²) in [4.78, 5) is 29.0. The van der Waals surface area contributed by atoms with Crippen LogP contribution in [0.3, 0.4) is 0 Å². The molecule has 2 heterocycles. The SMILES string of the molecule is Cc1cc(=O)c(C(=O)N2CCc3cc(N)ccc32)c[nH]1. The molecular weight excluding hydrogens is 254 g/mol. The van der Waals surface area contributed by atoms with Crippen LogP contribution in [0.25, 0.3) is 0 Å². The molecule has 0 unspecified atom stereocenters. The number of nitrogens with two attached hydrogens (primary N) is 1. The Morgan fingerprint density at radius 2 is 2.15 bits per heavy atom. The molecule has 5 nitrogen and oxygen atoms in total. The summed E-state index contributed by atoms with van der Waals surface area (Å²) in [6.07, 6.45) is 2.24. The Bertz CT molecular complexity index is 749. The molecule has 1 amide bonds. The van der Waals surface area contributed by atoms with Crippen LogP contribution in [0.15, 0.2) is 35.3 Å². The lowest BCUT2D eigenvalue weighted by atomic mass is 10.1. The number of hydrogen-bond acceptors (Lipinski definition) is 3. The third-order valence-corrected chi connectivity index (χ3v) is 3.53. The number of H-pyrrole nitrogens is 1. The Labute approximate surface area is 116 Å². The molecule has 2 aromatic rings. The number of amides is 1. The number of nitrogens with zero attached hydrogens (tertiary/aromatic N) is 1. The number of nitrogen functional groups attached to an aromatic ring is 1. The molecule has 0 saturated heterocycles. The fourth-order valence-electron chi connectivity index (χ4n) is 2.52. The van der Waals surface area contributed by atoms with Crippen LogP contribution >= 0.6 is 0 Å². The van der Waals surface area contributed by atoms with Gasteiger partial charge >= 0.3 is 0 Å². The van der Waals surface area contributed by atoms with Gasteiger partial charge in [0.05, 0.1) is 0 Å². The number of nitrogens with one attached hydrogen (secondary N) is 1. The number of pyridine rings is 1. The van der Waals surface area contributed by atoms with Crippen molar-refractivity contribution < 1.29 is 4.79 Å². The Balaban J connectivity index is 2.00. The number of fused-ring (bicyclic) bond motifs is 1. The molecule has 1 aromatic carbocycles. The zero-order valence-electron chi connectivity index (χ0n) is 11.1. The molecule has 1 aliphatic heterocycles. The fraction of sp³-hybridized carbons (Fsp3) is 0.200. The molecular formula is C15H15N3O2. The monoisotopic (exact) mass is 269 g/mol. The quantitative estimate of drug-likeness (QED) is 0.769. The second-order valence-electron chi connectivity index (χ2n) is 4.99. The third kappa shape index (κ3) is 1.97. The molecule has 20 heavy (non-hydrogen) atoms. The van der Waals surface area contributed by atoms with Crippen molar-refractivity contribution in [3.8, 4) is 0 Å². The Morgan fingerprint density at radius 1 is 1.35 bits per heavy atom. The molecule has 5 heteroatoms. The molecule has 0 bridgehead atoms. The number of carbonyl (C=O) groups is 1. The van der Waals surface area contributed by atoms with E-state index >= 15 is 0 Å². The molecule has 0 spiro atoms. The molecule has 0 radical (unpaired) electrons. The van der Waals surface area contributed by atoms with Gasteiger partial charge in [-0.1, -0.05) is 0 Å².